The first-order valence-electron chi connectivity index (χ1n) is 4.12. The van der Waals surface area contributed by atoms with Crippen molar-refractivity contribution in [3.8, 4) is 0 Å². The van der Waals surface area contributed by atoms with E-state index in [1.807, 2.05) is 0 Å². The minimum Gasteiger partial charge on any atom is -0.294 e. The zero-order valence-corrected chi connectivity index (χ0v) is 10.9. The molecule has 0 unspecified atom stereocenters. The van der Waals surface area contributed by atoms with Gasteiger partial charge in [0.05, 0.1) is 5.56 Å². The molecule has 0 aliphatic heterocycles. The quantitative estimate of drug-likeness (QED) is 0.589. The molecule has 0 aliphatic rings. The normalized spacial score (nSPS) is 10.7. The minimum atomic E-state index is -0.487. The Morgan fingerprint density at radius 2 is 1.79 bits per heavy atom. The number of benzene rings is 1. The third-order valence-electron chi connectivity index (χ3n) is 1.80. The number of hydrogen-bond donors (Lipinski definition) is 0. The molecule has 0 heterocycles. The van der Waals surface area contributed by atoms with Crippen LogP contribution in [0.1, 0.15) is 24.2 Å². The zero-order chi connectivity index (χ0) is 10.9. The zero-order valence-electron chi connectivity index (χ0n) is 7.77. The Balaban J connectivity index is 3.22. The van der Waals surface area contributed by atoms with E-state index in [0.717, 1.165) is 0 Å². The topological polar surface area (TPSA) is 17.1 Å². The van der Waals surface area contributed by atoms with Crippen molar-refractivity contribution in [3.63, 3.8) is 0 Å². The Bertz CT molecular complexity index is 375. The smallest absolute Gasteiger partial charge is 0.168 e. The first-order chi connectivity index (χ1) is 6.43. The number of hydrogen-bond acceptors (Lipinski definition) is 1. The van der Waals surface area contributed by atoms with E-state index in [2.05, 4.69) is 31.9 Å². The summed E-state index contributed by atoms with van der Waals surface area (Å²) in [6.45, 7) is 3.50. The Morgan fingerprint density at radius 1 is 1.29 bits per heavy atom. The lowest BCUT2D eigenvalue weighted by Crippen LogP contribution is -2.09. The average molecular weight is 324 g/mol. The van der Waals surface area contributed by atoms with Gasteiger partial charge in [0, 0.05) is 14.9 Å². The van der Waals surface area contributed by atoms with E-state index in [9.17, 15) is 9.18 Å². The summed E-state index contributed by atoms with van der Waals surface area (Å²) >= 11 is 6.40. The minimum absolute atomic E-state index is 0.134. The number of carbonyl (C=O) groups excluding carboxylic acids is 1. The molecule has 0 bridgehead atoms. The maximum absolute atomic E-state index is 13.4. The molecule has 1 aromatic rings. The van der Waals surface area contributed by atoms with Crippen LogP contribution in [0, 0.1) is 11.7 Å². The van der Waals surface area contributed by atoms with Crippen LogP contribution in [-0.2, 0) is 0 Å². The van der Waals surface area contributed by atoms with Gasteiger partial charge in [0.15, 0.2) is 5.78 Å². The fourth-order valence-electron chi connectivity index (χ4n) is 1.02. The second-order valence-electron chi connectivity index (χ2n) is 3.27. The first-order valence-corrected chi connectivity index (χ1v) is 5.71. The molecule has 14 heavy (non-hydrogen) atoms. The molecule has 0 fully saturated rings. The van der Waals surface area contributed by atoms with Crippen molar-refractivity contribution < 1.29 is 9.18 Å². The summed E-state index contributed by atoms with van der Waals surface area (Å²) in [6, 6.07) is 2.79. The lowest BCUT2D eigenvalue weighted by atomic mass is 10.0. The highest BCUT2D eigenvalue weighted by atomic mass is 79.9. The highest BCUT2D eigenvalue weighted by Gasteiger charge is 2.16. The van der Waals surface area contributed by atoms with Crippen LogP contribution in [0.2, 0.25) is 0 Å². The number of carbonyl (C=O) groups is 1. The monoisotopic (exact) mass is 322 g/mol. The molecule has 1 rings (SSSR count). The number of Topliss-reactive ketones (excluding diaryl/α,β-unsaturated/α-hetero) is 1. The number of rotatable bonds is 2. The Labute approximate surface area is 99.0 Å². The Kier molecular flexibility index (Phi) is 3.84. The molecule has 0 aliphatic carbocycles. The highest BCUT2D eigenvalue weighted by Crippen LogP contribution is 2.27. The highest BCUT2D eigenvalue weighted by molar-refractivity contribution is 9.13. The van der Waals surface area contributed by atoms with Crippen molar-refractivity contribution in [1.82, 2.24) is 0 Å². The van der Waals surface area contributed by atoms with Gasteiger partial charge >= 0.3 is 0 Å². The fraction of sp³-hybridized carbons (Fsp3) is 0.300. The van der Waals surface area contributed by atoms with Crippen LogP contribution in [-0.4, -0.2) is 5.78 Å². The van der Waals surface area contributed by atoms with Crippen molar-refractivity contribution in [3.05, 3.63) is 32.5 Å². The van der Waals surface area contributed by atoms with Crippen LogP contribution < -0.4 is 0 Å². The summed E-state index contributed by atoms with van der Waals surface area (Å²) in [7, 11) is 0. The van der Waals surface area contributed by atoms with Gasteiger partial charge < -0.3 is 0 Å². The van der Waals surface area contributed by atoms with Gasteiger partial charge in [-0.25, -0.2) is 4.39 Å². The molecular formula is C10H9Br2FO. The van der Waals surface area contributed by atoms with E-state index in [4.69, 9.17) is 0 Å². The summed E-state index contributed by atoms with van der Waals surface area (Å²) in [6.07, 6.45) is 0. The molecule has 76 valence electrons. The van der Waals surface area contributed by atoms with E-state index in [1.54, 1.807) is 13.8 Å². The number of halogens is 3. The van der Waals surface area contributed by atoms with Crippen molar-refractivity contribution in [2.45, 2.75) is 13.8 Å². The second kappa shape index (κ2) is 4.53. The molecule has 0 aromatic heterocycles. The molecule has 0 amide bonds. The van der Waals surface area contributed by atoms with E-state index < -0.39 is 5.82 Å². The maximum atomic E-state index is 13.4. The third kappa shape index (κ3) is 2.42. The van der Waals surface area contributed by atoms with Gasteiger partial charge in [-0.15, -0.1) is 0 Å². The molecule has 1 nitrogen and oxygen atoms in total. The van der Waals surface area contributed by atoms with Gasteiger partial charge in [0.1, 0.15) is 5.82 Å². The summed E-state index contributed by atoms with van der Waals surface area (Å²) in [5.41, 5.74) is 0.134. The molecule has 0 saturated heterocycles. The Hall–Kier alpha value is -0.220. The van der Waals surface area contributed by atoms with Crippen molar-refractivity contribution >= 4 is 37.6 Å². The van der Waals surface area contributed by atoms with Crippen molar-refractivity contribution in [2.75, 3.05) is 0 Å². The fourth-order valence-corrected chi connectivity index (χ4v) is 1.68. The first kappa shape index (κ1) is 11.9. The van der Waals surface area contributed by atoms with Crippen LogP contribution in [0.15, 0.2) is 21.1 Å². The predicted octanol–water partition coefficient (Wildman–Crippen LogP) is 4.19. The van der Waals surface area contributed by atoms with E-state index in [-0.39, 0.29) is 17.3 Å². The largest absolute Gasteiger partial charge is 0.294 e. The molecule has 1 aromatic carbocycles. The lowest BCUT2D eigenvalue weighted by Gasteiger charge is -2.07. The van der Waals surface area contributed by atoms with Gasteiger partial charge in [-0.05, 0) is 44.0 Å². The number of ketones is 1. The molecule has 0 radical (unpaired) electrons. The lowest BCUT2D eigenvalue weighted by molar-refractivity contribution is 0.0935. The average Bonchev–Trinajstić information content (AvgIpc) is 2.10. The summed E-state index contributed by atoms with van der Waals surface area (Å²) in [5.74, 6) is -0.868. The van der Waals surface area contributed by atoms with Gasteiger partial charge in [0.25, 0.3) is 0 Å². The third-order valence-corrected chi connectivity index (χ3v) is 3.64. The second-order valence-corrected chi connectivity index (χ2v) is 4.97. The summed E-state index contributed by atoms with van der Waals surface area (Å²) in [4.78, 5) is 11.6. The van der Waals surface area contributed by atoms with Crippen LogP contribution in [0.25, 0.3) is 0 Å². The predicted molar refractivity (Wildman–Crippen MR) is 61.0 cm³/mol. The maximum Gasteiger partial charge on any atom is 0.168 e. The van der Waals surface area contributed by atoms with Gasteiger partial charge in [-0.1, -0.05) is 13.8 Å². The van der Waals surface area contributed by atoms with Crippen LogP contribution in [0.5, 0.6) is 0 Å². The van der Waals surface area contributed by atoms with Gasteiger partial charge in [0.2, 0.25) is 0 Å². The van der Waals surface area contributed by atoms with E-state index in [1.165, 1.54) is 12.1 Å². The molecular weight excluding hydrogens is 315 g/mol. The van der Waals surface area contributed by atoms with Crippen LogP contribution >= 0.6 is 31.9 Å². The van der Waals surface area contributed by atoms with E-state index in [0.29, 0.717) is 8.95 Å². The van der Waals surface area contributed by atoms with Crippen LogP contribution in [0.3, 0.4) is 0 Å². The van der Waals surface area contributed by atoms with Crippen molar-refractivity contribution in [1.29, 1.82) is 0 Å². The molecule has 4 heteroatoms. The van der Waals surface area contributed by atoms with E-state index >= 15 is 0 Å². The van der Waals surface area contributed by atoms with Crippen LogP contribution in [0.4, 0.5) is 4.39 Å². The molecule has 0 N–H and O–H groups in total. The molecule has 0 spiro atoms. The summed E-state index contributed by atoms with van der Waals surface area (Å²) in [5, 5.41) is 0. The standard InChI is InChI=1S/C10H9Br2FO/c1-5(2)10(14)6-3-7(11)8(12)4-9(6)13/h3-5H,1-2H3. The summed E-state index contributed by atoms with van der Waals surface area (Å²) < 4.78 is 14.7. The Morgan fingerprint density at radius 3 is 2.29 bits per heavy atom. The SMILES string of the molecule is CC(C)C(=O)c1cc(Br)c(Br)cc1F. The van der Waals surface area contributed by atoms with Gasteiger partial charge in [-0.3, -0.25) is 4.79 Å². The van der Waals surface area contributed by atoms with Crippen molar-refractivity contribution in [2.24, 2.45) is 5.92 Å². The molecule has 0 atom stereocenters. The molecule has 0 saturated carbocycles. The van der Waals surface area contributed by atoms with Gasteiger partial charge in [-0.2, -0.15) is 0 Å².